The number of hydrogen-bond donors (Lipinski definition) is 3. The Morgan fingerprint density at radius 3 is 2.57 bits per heavy atom. The minimum Gasteiger partial charge on any atom is -0.388 e. The first kappa shape index (κ1) is 23.6. The van der Waals surface area contributed by atoms with Crippen LogP contribution in [0.5, 0.6) is 0 Å². The molecule has 3 aliphatic rings. The molecule has 1 aromatic carbocycles. The second-order valence-electron chi connectivity index (χ2n) is 9.48. The molecule has 3 N–H and O–H groups in total. The summed E-state index contributed by atoms with van der Waals surface area (Å²) in [5.74, 6) is 1.69. The summed E-state index contributed by atoms with van der Waals surface area (Å²) in [5, 5.41) is 10.4. The summed E-state index contributed by atoms with van der Waals surface area (Å²) in [4.78, 5) is 11.8. The van der Waals surface area contributed by atoms with Crippen LogP contribution in [0.2, 0.25) is 0 Å². The van der Waals surface area contributed by atoms with E-state index in [0.29, 0.717) is 18.6 Å². The molecule has 7 nitrogen and oxygen atoms in total. The number of anilines is 3. The van der Waals surface area contributed by atoms with E-state index in [4.69, 9.17) is 4.74 Å². The number of benzene rings is 1. The van der Waals surface area contributed by atoms with Gasteiger partial charge in [0.25, 0.3) is 0 Å². The van der Waals surface area contributed by atoms with E-state index in [1.807, 2.05) is 7.05 Å². The Hall–Kier alpha value is -3.16. The van der Waals surface area contributed by atoms with Crippen molar-refractivity contribution in [3.8, 4) is 0 Å². The van der Waals surface area contributed by atoms with Crippen LogP contribution in [-0.2, 0) is 4.74 Å². The largest absolute Gasteiger partial charge is 0.388 e. The molecule has 1 saturated carbocycles. The molecule has 0 unspecified atom stereocenters. The number of nitrogens with zero attached hydrogens (tertiary/aromatic N) is 3. The van der Waals surface area contributed by atoms with Gasteiger partial charge in [0.15, 0.2) is 0 Å². The first-order valence-corrected chi connectivity index (χ1v) is 12.7. The molecule has 0 radical (unpaired) electrons. The zero-order valence-corrected chi connectivity index (χ0v) is 20.6. The van der Waals surface area contributed by atoms with Gasteiger partial charge in [0.1, 0.15) is 18.0 Å². The van der Waals surface area contributed by atoms with Gasteiger partial charge in [-0.1, -0.05) is 30.9 Å². The first-order valence-electron chi connectivity index (χ1n) is 12.7. The highest BCUT2D eigenvalue weighted by Crippen LogP contribution is 2.34. The molecule has 184 valence electrons. The van der Waals surface area contributed by atoms with Crippen LogP contribution < -0.4 is 16.0 Å². The van der Waals surface area contributed by atoms with Crippen LogP contribution in [0.15, 0.2) is 55.4 Å². The average molecular weight is 473 g/mol. The fraction of sp³-hybridized carbons (Fsp3) is 0.429. The predicted molar refractivity (Wildman–Crippen MR) is 145 cm³/mol. The Labute approximate surface area is 208 Å². The van der Waals surface area contributed by atoms with Gasteiger partial charge in [-0.3, -0.25) is 4.90 Å². The molecule has 2 aliphatic heterocycles. The molecular formula is C28H36N6O. The smallest absolute Gasteiger partial charge is 0.139 e. The molecule has 1 saturated heterocycles. The molecule has 3 heterocycles. The van der Waals surface area contributed by atoms with Gasteiger partial charge in [-0.15, -0.1) is 0 Å². The van der Waals surface area contributed by atoms with E-state index in [2.05, 4.69) is 79.9 Å². The lowest BCUT2D eigenvalue weighted by Crippen LogP contribution is -2.46. The normalized spacial score (nSPS) is 25.6. The van der Waals surface area contributed by atoms with Crippen LogP contribution in [0.3, 0.4) is 0 Å². The SMILES string of the molecule is C=C1/C=C(c2ccc(NC)cc2)\C=C/CNc2ncnc(NC3CCC(N4CCOCC4)CC3)c21. The summed E-state index contributed by atoms with van der Waals surface area (Å²) in [7, 11) is 1.93. The maximum atomic E-state index is 5.53. The van der Waals surface area contributed by atoms with Crippen LogP contribution >= 0.6 is 0 Å². The van der Waals surface area contributed by atoms with E-state index < -0.39 is 0 Å². The number of hydrogen-bond acceptors (Lipinski definition) is 7. The Balaban J connectivity index is 1.34. The van der Waals surface area contributed by atoms with Gasteiger partial charge in [-0.2, -0.15) is 0 Å². The second-order valence-corrected chi connectivity index (χ2v) is 9.48. The van der Waals surface area contributed by atoms with E-state index in [1.54, 1.807) is 6.33 Å². The van der Waals surface area contributed by atoms with Gasteiger partial charge in [-0.25, -0.2) is 9.97 Å². The molecule has 5 rings (SSSR count). The number of aromatic nitrogens is 2. The van der Waals surface area contributed by atoms with Gasteiger partial charge in [0.2, 0.25) is 0 Å². The van der Waals surface area contributed by atoms with E-state index in [0.717, 1.165) is 78.7 Å². The van der Waals surface area contributed by atoms with E-state index in [9.17, 15) is 0 Å². The molecule has 0 atom stereocenters. The maximum absolute atomic E-state index is 5.53. The lowest BCUT2D eigenvalue weighted by Gasteiger charge is -2.39. The lowest BCUT2D eigenvalue weighted by molar-refractivity contribution is 0.00790. The number of ether oxygens (including phenoxy) is 1. The minimum atomic E-state index is 0.405. The van der Waals surface area contributed by atoms with Crippen molar-refractivity contribution in [2.24, 2.45) is 0 Å². The van der Waals surface area contributed by atoms with E-state index in [-0.39, 0.29) is 0 Å². The van der Waals surface area contributed by atoms with Gasteiger partial charge in [-0.05, 0) is 60.6 Å². The average Bonchev–Trinajstić information content (AvgIpc) is 2.99. The third kappa shape index (κ3) is 5.57. The summed E-state index contributed by atoms with van der Waals surface area (Å²) in [6, 6.07) is 9.53. The molecule has 2 aromatic rings. The maximum Gasteiger partial charge on any atom is 0.139 e. The zero-order valence-electron chi connectivity index (χ0n) is 20.6. The summed E-state index contributed by atoms with van der Waals surface area (Å²) in [6.07, 6.45) is 12.8. The van der Waals surface area contributed by atoms with Crippen molar-refractivity contribution in [2.45, 2.75) is 37.8 Å². The number of allylic oxidation sites excluding steroid dienone is 4. The van der Waals surface area contributed by atoms with Gasteiger partial charge in [0, 0.05) is 44.5 Å². The van der Waals surface area contributed by atoms with Crippen molar-refractivity contribution in [2.75, 3.05) is 55.8 Å². The van der Waals surface area contributed by atoms with Crippen LogP contribution in [0.25, 0.3) is 11.1 Å². The lowest BCUT2D eigenvalue weighted by atomic mass is 9.89. The summed E-state index contributed by atoms with van der Waals surface area (Å²) in [5.41, 5.74) is 5.22. The highest BCUT2D eigenvalue weighted by Gasteiger charge is 2.28. The molecular weight excluding hydrogens is 436 g/mol. The fourth-order valence-corrected chi connectivity index (χ4v) is 5.31. The first-order chi connectivity index (χ1) is 17.2. The predicted octanol–water partition coefficient (Wildman–Crippen LogP) is 4.65. The van der Waals surface area contributed by atoms with Crippen molar-refractivity contribution in [3.05, 3.63) is 66.5 Å². The van der Waals surface area contributed by atoms with Crippen molar-refractivity contribution in [1.82, 2.24) is 14.9 Å². The zero-order chi connectivity index (χ0) is 24.0. The highest BCUT2D eigenvalue weighted by molar-refractivity contribution is 5.93. The molecule has 7 heteroatoms. The van der Waals surface area contributed by atoms with E-state index >= 15 is 0 Å². The summed E-state index contributed by atoms with van der Waals surface area (Å²) in [6.45, 7) is 8.98. The Kier molecular flexibility index (Phi) is 7.45. The van der Waals surface area contributed by atoms with Crippen LogP contribution in [-0.4, -0.2) is 66.8 Å². The van der Waals surface area contributed by atoms with Gasteiger partial charge in [0.05, 0.1) is 18.8 Å². The van der Waals surface area contributed by atoms with Crippen molar-refractivity contribution in [1.29, 1.82) is 0 Å². The van der Waals surface area contributed by atoms with Crippen molar-refractivity contribution in [3.63, 3.8) is 0 Å². The number of fused-ring (bicyclic) bond motifs is 1. The van der Waals surface area contributed by atoms with Gasteiger partial charge < -0.3 is 20.7 Å². The highest BCUT2D eigenvalue weighted by atomic mass is 16.5. The Bertz CT molecular complexity index is 1080. The number of nitrogens with one attached hydrogen (secondary N) is 3. The molecule has 35 heavy (non-hydrogen) atoms. The standard InChI is InChI=1S/C28H36N6O/c1-20-18-22(21-5-7-23(29-2)8-6-21)4-3-13-30-27-26(20)28(32-19-31-27)33-24-9-11-25(12-10-24)34-14-16-35-17-15-34/h3-8,18-19,24-25,29H,1,9-17H2,2H3,(H2,30,31,32,33)/b4-3-,22-18+. The molecule has 2 fully saturated rings. The van der Waals surface area contributed by atoms with Crippen molar-refractivity contribution < 1.29 is 4.74 Å². The third-order valence-corrected chi connectivity index (χ3v) is 7.29. The number of morpholine rings is 1. The Morgan fingerprint density at radius 1 is 1.06 bits per heavy atom. The quantitative estimate of drug-likeness (QED) is 0.585. The molecule has 0 spiro atoms. The Morgan fingerprint density at radius 2 is 1.83 bits per heavy atom. The topological polar surface area (TPSA) is 74.3 Å². The van der Waals surface area contributed by atoms with Crippen LogP contribution in [0.1, 0.15) is 36.8 Å². The van der Waals surface area contributed by atoms with Crippen LogP contribution in [0, 0.1) is 0 Å². The third-order valence-electron chi connectivity index (χ3n) is 7.29. The summed E-state index contributed by atoms with van der Waals surface area (Å²) >= 11 is 0. The minimum absolute atomic E-state index is 0.405. The molecule has 0 amide bonds. The fourth-order valence-electron chi connectivity index (χ4n) is 5.31. The molecule has 0 bridgehead atoms. The van der Waals surface area contributed by atoms with E-state index in [1.165, 1.54) is 12.8 Å². The molecule has 1 aliphatic carbocycles. The van der Waals surface area contributed by atoms with Crippen LogP contribution in [0.4, 0.5) is 17.3 Å². The number of rotatable bonds is 5. The van der Waals surface area contributed by atoms with Crippen molar-refractivity contribution >= 4 is 28.5 Å². The van der Waals surface area contributed by atoms with Gasteiger partial charge >= 0.3 is 0 Å². The molecule has 1 aromatic heterocycles. The monoisotopic (exact) mass is 472 g/mol. The second kappa shape index (κ2) is 11.1. The summed E-state index contributed by atoms with van der Waals surface area (Å²) < 4.78 is 5.53.